The van der Waals surface area contributed by atoms with E-state index < -0.39 is 0 Å². The highest BCUT2D eigenvalue weighted by atomic mass is 79.9. The molecule has 1 fully saturated rings. The molecule has 0 saturated carbocycles. The Morgan fingerprint density at radius 2 is 1.94 bits per heavy atom. The number of ether oxygens (including phenoxy) is 3. The van der Waals surface area contributed by atoms with Gasteiger partial charge < -0.3 is 14.2 Å². The first kappa shape index (κ1) is 26.2. The van der Waals surface area contributed by atoms with Gasteiger partial charge in [-0.1, -0.05) is 64.5 Å². The summed E-state index contributed by atoms with van der Waals surface area (Å²) in [7, 11) is 2.97. The topological polar surface area (TPSA) is 65.1 Å². The van der Waals surface area contributed by atoms with Crippen LogP contribution in [0, 0.1) is 0 Å². The van der Waals surface area contributed by atoms with Crippen LogP contribution in [0.5, 0.6) is 11.5 Å². The first-order chi connectivity index (χ1) is 16.4. The Bertz CT molecular complexity index is 1090. The molecule has 1 heterocycles. The lowest BCUT2D eigenvalue weighted by Crippen LogP contribution is -2.29. The monoisotopic (exact) mass is 563 g/mol. The minimum atomic E-state index is -0.214. The van der Waals surface area contributed by atoms with E-state index in [1.807, 2.05) is 48.5 Å². The highest BCUT2D eigenvalue weighted by Gasteiger charge is 2.31. The Labute approximate surface area is 217 Å². The van der Waals surface area contributed by atoms with Crippen molar-refractivity contribution in [1.82, 2.24) is 4.90 Å². The molecule has 1 aliphatic rings. The molecule has 9 heteroatoms. The molecular weight excluding hydrogens is 538 g/mol. The molecule has 1 saturated heterocycles. The summed E-state index contributed by atoms with van der Waals surface area (Å²) in [5.41, 5.74) is 1.86. The normalized spacial score (nSPS) is 14.6. The number of carbonyl (C=O) groups excluding carboxylic acids is 2. The van der Waals surface area contributed by atoms with Crippen LogP contribution in [0.15, 0.2) is 51.8 Å². The summed E-state index contributed by atoms with van der Waals surface area (Å²) in [6.07, 6.45) is 4.53. The highest BCUT2D eigenvalue weighted by molar-refractivity contribution is 9.10. The van der Waals surface area contributed by atoms with E-state index in [9.17, 15) is 9.59 Å². The van der Waals surface area contributed by atoms with E-state index in [0.717, 1.165) is 34.9 Å². The van der Waals surface area contributed by atoms with Crippen LogP contribution >= 0.6 is 39.9 Å². The molecule has 0 spiro atoms. The van der Waals surface area contributed by atoms with Gasteiger partial charge in [-0.25, -0.2) is 0 Å². The van der Waals surface area contributed by atoms with Crippen LogP contribution in [-0.4, -0.2) is 41.9 Å². The molecule has 2 aromatic rings. The van der Waals surface area contributed by atoms with Crippen molar-refractivity contribution in [3.8, 4) is 11.5 Å². The van der Waals surface area contributed by atoms with Crippen molar-refractivity contribution in [3.05, 3.63) is 63.0 Å². The molecule has 1 aliphatic heterocycles. The number of amides is 1. The number of hydrogen-bond acceptors (Lipinski definition) is 7. The van der Waals surface area contributed by atoms with E-state index in [2.05, 4.69) is 20.7 Å². The largest absolute Gasteiger partial charge is 0.493 e. The van der Waals surface area contributed by atoms with Crippen molar-refractivity contribution < 1.29 is 23.8 Å². The second-order valence-corrected chi connectivity index (χ2v) is 10.1. The summed E-state index contributed by atoms with van der Waals surface area (Å²) in [4.78, 5) is 26.3. The number of carbonyl (C=O) groups is 2. The molecule has 0 aliphatic carbocycles. The number of thioether (sulfide) groups is 1. The lowest BCUT2D eigenvalue weighted by Gasteiger charge is -2.14. The zero-order chi connectivity index (χ0) is 24.5. The van der Waals surface area contributed by atoms with Crippen molar-refractivity contribution in [1.29, 1.82) is 0 Å². The third-order valence-electron chi connectivity index (χ3n) is 5.13. The lowest BCUT2D eigenvalue weighted by molar-refractivity contribution is -0.140. The van der Waals surface area contributed by atoms with Gasteiger partial charge in [0, 0.05) is 17.4 Å². The molecule has 0 atom stereocenters. The number of nitrogens with zero attached hydrogens (tertiary/aromatic N) is 1. The summed E-state index contributed by atoms with van der Waals surface area (Å²) in [5, 5.41) is 0. The third-order valence-corrected chi connectivity index (χ3v) is 7.00. The fraction of sp³-hybridized carbons (Fsp3) is 0.320. The van der Waals surface area contributed by atoms with Crippen molar-refractivity contribution in [2.75, 3.05) is 20.8 Å². The predicted octanol–water partition coefficient (Wildman–Crippen LogP) is 5.97. The Kier molecular flexibility index (Phi) is 9.98. The molecule has 6 nitrogen and oxygen atoms in total. The Morgan fingerprint density at radius 3 is 2.68 bits per heavy atom. The predicted molar refractivity (Wildman–Crippen MR) is 142 cm³/mol. The molecule has 34 heavy (non-hydrogen) atoms. The highest BCUT2D eigenvalue weighted by Crippen LogP contribution is 2.35. The number of methoxy groups -OCH3 is 2. The van der Waals surface area contributed by atoms with Crippen molar-refractivity contribution in [3.63, 3.8) is 0 Å². The zero-order valence-corrected chi connectivity index (χ0v) is 22.3. The minimum Gasteiger partial charge on any atom is -0.493 e. The molecule has 0 N–H and O–H groups in total. The van der Waals surface area contributed by atoms with Gasteiger partial charge in [0.15, 0.2) is 11.5 Å². The SMILES string of the molecule is COC(=O)CCCCCN1C(=O)/C(=C\c2ccc(OCc3cccc(Br)c3)c(OC)c2)SC1=S. The summed E-state index contributed by atoms with van der Waals surface area (Å²) >= 11 is 10.2. The average molecular weight is 565 g/mol. The number of rotatable bonds is 11. The second-order valence-electron chi connectivity index (χ2n) is 7.55. The van der Waals surface area contributed by atoms with Crippen LogP contribution in [0.3, 0.4) is 0 Å². The Morgan fingerprint density at radius 1 is 1.12 bits per heavy atom. The van der Waals surface area contributed by atoms with Crippen LogP contribution in [0.4, 0.5) is 0 Å². The summed E-state index contributed by atoms with van der Waals surface area (Å²) in [6.45, 7) is 0.947. The van der Waals surface area contributed by atoms with Crippen LogP contribution in [0.1, 0.15) is 36.8 Å². The maximum atomic E-state index is 12.9. The van der Waals surface area contributed by atoms with Crippen LogP contribution < -0.4 is 9.47 Å². The summed E-state index contributed by atoms with van der Waals surface area (Å²) in [6, 6.07) is 13.5. The number of benzene rings is 2. The van der Waals surface area contributed by atoms with Gasteiger partial charge in [-0.2, -0.15) is 0 Å². The standard InChI is InChI=1S/C25H26BrNO5S2/c1-30-21-14-17(10-11-20(21)32-16-18-7-6-8-19(26)13-18)15-22-24(29)27(25(33)34-22)12-5-3-4-9-23(28)31-2/h6-8,10-11,13-15H,3-5,9,12,16H2,1-2H3/b22-15+. The first-order valence-corrected chi connectivity index (χ1v) is 12.8. The minimum absolute atomic E-state index is 0.100. The number of hydrogen-bond donors (Lipinski definition) is 0. The zero-order valence-electron chi connectivity index (χ0n) is 19.0. The van der Waals surface area contributed by atoms with Gasteiger partial charge in [0.05, 0.1) is 19.1 Å². The van der Waals surface area contributed by atoms with Crippen LogP contribution in [0.25, 0.3) is 6.08 Å². The van der Waals surface area contributed by atoms with E-state index in [1.165, 1.54) is 18.9 Å². The molecule has 0 radical (unpaired) electrons. The van der Waals surface area contributed by atoms with E-state index in [0.29, 0.717) is 40.3 Å². The fourth-order valence-corrected chi connectivity index (χ4v) is 5.10. The van der Waals surface area contributed by atoms with Gasteiger partial charge in [-0.15, -0.1) is 0 Å². The number of thiocarbonyl (C=S) groups is 1. The van der Waals surface area contributed by atoms with Gasteiger partial charge in [-0.05, 0) is 54.3 Å². The molecular formula is C25H26BrNO5S2. The van der Waals surface area contributed by atoms with Crippen molar-refractivity contribution in [2.24, 2.45) is 0 Å². The van der Waals surface area contributed by atoms with E-state index in [1.54, 1.807) is 12.0 Å². The maximum absolute atomic E-state index is 12.9. The molecule has 3 rings (SSSR count). The smallest absolute Gasteiger partial charge is 0.305 e. The van der Waals surface area contributed by atoms with Crippen LogP contribution in [0.2, 0.25) is 0 Å². The number of halogens is 1. The quantitative estimate of drug-likeness (QED) is 0.144. The van der Waals surface area contributed by atoms with Crippen molar-refractivity contribution in [2.45, 2.75) is 32.3 Å². The summed E-state index contributed by atoms with van der Waals surface area (Å²) in [5.74, 6) is 0.898. The number of esters is 1. The van der Waals surface area contributed by atoms with E-state index in [4.69, 9.17) is 21.7 Å². The maximum Gasteiger partial charge on any atom is 0.305 e. The fourth-order valence-electron chi connectivity index (χ4n) is 3.34. The first-order valence-electron chi connectivity index (χ1n) is 10.8. The van der Waals surface area contributed by atoms with E-state index in [-0.39, 0.29) is 11.9 Å². The van der Waals surface area contributed by atoms with Gasteiger partial charge in [-0.3, -0.25) is 14.5 Å². The lowest BCUT2D eigenvalue weighted by atomic mass is 10.1. The molecule has 2 aromatic carbocycles. The van der Waals surface area contributed by atoms with Crippen LogP contribution in [-0.2, 0) is 20.9 Å². The van der Waals surface area contributed by atoms with Gasteiger partial charge in [0.25, 0.3) is 5.91 Å². The van der Waals surface area contributed by atoms with E-state index >= 15 is 0 Å². The second kappa shape index (κ2) is 12.9. The molecule has 0 aromatic heterocycles. The number of unbranched alkanes of at least 4 members (excludes halogenated alkanes) is 2. The average Bonchev–Trinajstić information content (AvgIpc) is 3.09. The molecule has 0 unspecified atom stereocenters. The third kappa shape index (κ3) is 7.32. The van der Waals surface area contributed by atoms with Gasteiger partial charge in [0.1, 0.15) is 10.9 Å². The molecule has 180 valence electrons. The molecule has 0 bridgehead atoms. The Balaban J connectivity index is 1.60. The summed E-state index contributed by atoms with van der Waals surface area (Å²) < 4.78 is 17.6. The van der Waals surface area contributed by atoms with Crippen molar-refractivity contribution >= 4 is 62.2 Å². The Hall–Kier alpha value is -2.36. The molecule has 1 amide bonds. The van der Waals surface area contributed by atoms with Gasteiger partial charge >= 0.3 is 5.97 Å². The van der Waals surface area contributed by atoms with Gasteiger partial charge in [0.2, 0.25) is 0 Å².